The minimum Gasteiger partial charge on any atom is -0.462 e. The third-order valence-electron chi connectivity index (χ3n) is 3.86. The monoisotopic (exact) mass is 402 g/mol. The second-order valence-electron chi connectivity index (χ2n) is 6.16. The van der Waals surface area contributed by atoms with Crippen molar-refractivity contribution >= 4 is 17.6 Å². The zero-order chi connectivity index (χ0) is 21.0. The lowest BCUT2D eigenvalue weighted by Gasteiger charge is -2.11. The Morgan fingerprint density at radius 2 is 1.93 bits per heavy atom. The molecule has 150 valence electrons. The molecular formula is C20H17F3N4O2. The van der Waals surface area contributed by atoms with Crippen molar-refractivity contribution in [1.82, 2.24) is 15.0 Å². The number of esters is 1. The van der Waals surface area contributed by atoms with Gasteiger partial charge < -0.3 is 10.1 Å². The van der Waals surface area contributed by atoms with Crippen LogP contribution in [0.15, 0.2) is 48.9 Å². The van der Waals surface area contributed by atoms with E-state index in [4.69, 9.17) is 4.74 Å². The van der Waals surface area contributed by atoms with Crippen molar-refractivity contribution in [1.29, 1.82) is 0 Å². The molecule has 0 unspecified atom stereocenters. The molecule has 0 aliphatic rings. The van der Waals surface area contributed by atoms with Gasteiger partial charge in [0.25, 0.3) is 0 Å². The highest BCUT2D eigenvalue weighted by Gasteiger charge is 2.32. The van der Waals surface area contributed by atoms with Gasteiger partial charge in [0.2, 0.25) is 5.95 Å². The Morgan fingerprint density at radius 3 is 2.66 bits per heavy atom. The number of pyridine rings is 1. The lowest BCUT2D eigenvalue weighted by Crippen LogP contribution is -2.10. The van der Waals surface area contributed by atoms with E-state index >= 15 is 0 Å². The number of ether oxygens (including phenoxy) is 1. The first kappa shape index (κ1) is 20.2. The predicted molar refractivity (Wildman–Crippen MR) is 101 cm³/mol. The number of halogens is 3. The highest BCUT2D eigenvalue weighted by Crippen LogP contribution is 2.29. The van der Waals surface area contributed by atoms with Crippen LogP contribution in [0, 0.1) is 6.92 Å². The van der Waals surface area contributed by atoms with Crippen LogP contribution in [0.3, 0.4) is 0 Å². The third-order valence-corrected chi connectivity index (χ3v) is 3.86. The summed E-state index contributed by atoms with van der Waals surface area (Å²) in [5.74, 6) is -0.653. The van der Waals surface area contributed by atoms with Crippen LogP contribution in [0.1, 0.15) is 28.5 Å². The number of nitrogens with zero attached hydrogens (tertiary/aromatic N) is 3. The number of carbonyl (C=O) groups is 1. The molecule has 0 spiro atoms. The van der Waals surface area contributed by atoms with E-state index in [0.29, 0.717) is 16.8 Å². The van der Waals surface area contributed by atoms with E-state index in [-0.39, 0.29) is 12.6 Å². The summed E-state index contributed by atoms with van der Waals surface area (Å²) >= 11 is 0. The first-order valence-electron chi connectivity index (χ1n) is 8.68. The number of nitrogens with one attached hydrogen (secondary N) is 1. The minimum absolute atomic E-state index is 0.172. The molecule has 0 amide bonds. The maximum atomic E-state index is 12.9. The van der Waals surface area contributed by atoms with Crippen LogP contribution >= 0.6 is 0 Å². The van der Waals surface area contributed by atoms with Crippen LogP contribution in [0.25, 0.3) is 11.1 Å². The molecule has 0 atom stereocenters. The van der Waals surface area contributed by atoms with Crippen molar-refractivity contribution in [2.24, 2.45) is 0 Å². The summed E-state index contributed by atoms with van der Waals surface area (Å²) in [6, 6.07) is 7.77. The fraction of sp³-hybridized carbons (Fsp3) is 0.200. The molecule has 0 radical (unpaired) electrons. The van der Waals surface area contributed by atoms with Gasteiger partial charge in [-0.25, -0.2) is 14.8 Å². The number of benzene rings is 1. The van der Waals surface area contributed by atoms with Crippen LogP contribution in [0.2, 0.25) is 0 Å². The SMILES string of the molecule is CCOC(=O)c1cncc(-c2cc(C)cc(Nc3nccc(C(F)(F)F)n3)c2)c1. The van der Waals surface area contributed by atoms with E-state index in [9.17, 15) is 18.0 Å². The van der Waals surface area contributed by atoms with Crippen molar-refractivity contribution in [3.8, 4) is 11.1 Å². The number of hydrogen-bond donors (Lipinski definition) is 1. The van der Waals surface area contributed by atoms with Gasteiger partial charge in [-0.3, -0.25) is 4.98 Å². The number of alkyl halides is 3. The molecule has 0 fully saturated rings. The molecular weight excluding hydrogens is 385 g/mol. The van der Waals surface area contributed by atoms with E-state index in [1.807, 2.05) is 13.0 Å². The van der Waals surface area contributed by atoms with Gasteiger partial charge in [-0.05, 0) is 49.2 Å². The summed E-state index contributed by atoms with van der Waals surface area (Å²) in [6.45, 7) is 3.80. The first-order chi connectivity index (χ1) is 13.8. The van der Waals surface area contributed by atoms with Gasteiger partial charge in [-0.2, -0.15) is 13.2 Å². The first-order valence-corrected chi connectivity index (χ1v) is 8.68. The Balaban J connectivity index is 1.92. The van der Waals surface area contributed by atoms with Gasteiger partial charge in [-0.1, -0.05) is 6.07 Å². The molecule has 9 heteroatoms. The van der Waals surface area contributed by atoms with Crippen LogP contribution < -0.4 is 5.32 Å². The van der Waals surface area contributed by atoms with Crippen LogP contribution in [0.4, 0.5) is 24.8 Å². The van der Waals surface area contributed by atoms with Crippen molar-refractivity contribution in [2.75, 3.05) is 11.9 Å². The van der Waals surface area contributed by atoms with E-state index in [1.54, 1.807) is 31.3 Å². The van der Waals surface area contributed by atoms with E-state index < -0.39 is 17.8 Å². The number of carbonyl (C=O) groups excluding carboxylic acids is 1. The Kier molecular flexibility index (Phi) is 5.76. The van der Waals surface area contributed by atoms with Gasteiger partial charge in [0.1, 0.15) is 5.69 Å². The molecule has 0 bridgehead atoms. The zero-order valence-corrected chi connectivity index (χ0v) is 15.6. The Hall–Kier alpha value is -3.49. The molecule has 3 rings (SSSR count). The number of hydrogen-bond acceptors (Lipinski definition) is 6. The molecule has 2 aromatic heterocycles. The third kappa shape index (κ3) is 5.07. The smallest absolute Gasteiger partial charge is 0.433 e. The topological polar surface area (TPSA) is 77.0 Å². The fourth-order valence-electron chi connectivity index (χ4n) is 2.65. The molecule has 29 heavy (non-hydrogen) atoms. The van der Waals surface area contributed by atoms with Crippen LogP contribution in [0.5, 0.6) is 0 Å². The van der Waals surface area contributed by atoms with Gasteiger partial charge in [0, 0.05) is 29.8 Å². The quantitative estimate of drug-likeness (QED) is 0.619. The van der Waals surface area contributed by atoms with Gasteiger partial charge >= 0.3 is 12.1 Å². The number of rotatable bonds is 5. The highest BCUT2D eigenvalue weighted by atomic mass is 19.4. The van der Waals surface area contributed by atoms with E-state index in [2.05, 4.69) is 20.3 Å². The highest BCUT2D eigenvalue weighted by molar-refractivity contribution is 5.90. The van der Waals surface area contributed by atoms with Crippen molar-refractivity contribution in [3.63, 3.8) is 0 Å². The normalized spacial score (nSPS) is 11.2. The Labute approximate surface area is 164 Å². The summed E-state index contributed by atoms with van der Waals surface area (Å²) in [7, 11) is 0. The molecule has 2 heterocycles. The molecule has 6 nitrogen and oxygen atoms in total. The van der Waals surface area contributed by atoms with E-state index in [0.717, 1.165) is 23.4 Å². The van der Waals surface area contributed by atoms with Gasteiger partial charge in [0.05, 0.1) is 12.2 Å². The predicted octanol–water partition coefficient (Wildman–Crippen LogP) is 4.79. The Morgan fingerprint density at radius 1 is 1.14 bits per heavy atom. The van der Waals surface area contributed by atoms with Gasteiger partial charge in [-0.15, -0.1) is 0 Å². The van der Waals surface area contributed by atoms with Crippen molar-refractivity contribution in [3.05, 3.63) is 65.7 Å². The number of aryl methyl sites for hydroxylation is 1. The fourth-order valence-corrected chi connectivity index (χ4v) is 2.65. The molecule has 0 saturated heterocycles. The minimum atomic E-state index is -4.56. The standard InChI is InChI=1S/C20H17F3N4O2/c1-3-29-18(28)15-8-14(10-24-11-15)13-6-12(2)7-16(9-13)26-19-25-5-4-17(27-19)20(21,22)23/h4-11H,3H2,1-2H3,(H,25,26,27). The van der Waals surface area contributed by atoms with Crippen molar-refractivity contribution in [2.45, 2.75) is 20.0 Å². The second kappa shape index (κ2) is 8.26. The molecule has 0 aliphatic heterocycles. The lowest BCUT2D eigenvalue weighted by molar-refractivity contribution is -0.141. The molecule has 1 aromatic carbocycles. The average Bonchev–Trinajstić information content (AvgIpc) is 2.67. The largest absolute Gasteiger partial charge is 0.462 e. The molecule has 0 saturated carbocycles. The zero-order valence-electron chi connectivity index (χ0n) is 15.6. The van der Waals surface area contributed by atoms with Crippen LogP contribution in [-0.4, -0.2) is 27.5 Å². The second-order valence-corrected chi connectivity index (χ2v) is 6.16. The summed E-state index contributed by atoms with van der Waals surface area (Å²) in [5.41, 5.74) is 2.00. The van der Waals surface area contributed by atoms with Crippen molar-refractivity contribution < 1.29 is 22.7 Å². The van der Waals surface area contributed by atoms with Crippen LogP contribution in [-0.2, 0) is 10.9 Å². The summed E-state index contributed by atoms with van der Waals surface area (Å²) < 4.78 is 43.5. The molecule has 3 aromatic rings. The van der Waals surface area contributed by atoms with E-state index in [1.165, 1.54) is 6.20 Å². The molecule has 0 aliphatic carbocycles. The molecule has 1 N–H and O–H groups in total. The maximum Gasteiger partial charge on any atom is 0.433 e. The Bertz CT molecular complexity index is 1040. The average molecular weight is 402 g/mol. The summed E-state index contributed by atoms with van der Waals surface area (Å²) in [6.07, 6.45) is -0.521. The van der Waals surface area contributed by atoms with Gasteiger partial charge in [0.15, 0.2) is 0 Å². The lowest BCUT2D eigenvalue weighted by atomic mass is 10.0. The summed E-state index contributed by atoms with van der Waals surface area (Å²) in [4.78, 5) is 23.4. The maximum absolute atomic E-state index is 12.9. The number of anilines is 2. The number of aromatic nitrogens is 3. The summed E-state index contributed by atoms with van der Waals surface area (Å²) in [5, 5.41) is 2.79.